The summed E-state index contributed by atoms with van der Waals surface area (Å²) in [6, 6.07) is 14.6. The summed E-state index contributed by atoms with van der Waals surface area (Å²) in [7, 11) is 3.55. The molecule has 0 fully saturated rings. The van der Waals surface area contributed by atoms with Gasteiger partial charge in [-0.3, -0.25) is 9.78 Å². The molecule has 166 valence electrons. The number of fused-ring (bicyclic) bond motifs is 1. The normalized spacial score (nSPS) is 13.4. The number of pyridine rings is 2. The minimum absolute atomic E-state index is 0.113. The molecule has 0 aliphatic carbocycles. The second-order valence-electron chi connectivity index (χ2n) is 8.06. The molecular weight excluding hydrogens is 456 g/mol. The molecule has 4 heterocycles. The molecule has 0 spiro atoms. The van der Waals surface area contributed by atoms with Crippen LogP contribution in [0.15, 0.2) is 72.0 Å². The highest BCUT2D eigenvalue weighted by atomic mass is 35.5. The number of aryl methyl sites for hydroxylation is 3. The molecule has 6 nitrogen and oxygen atoms in total. The zero-order valence-electron chi connectivity index (χ0n) is 18.3. The predicted molar refractivity (Wildman–Crippen MR) is 132 cm³/mol. The molecule has 33 heavy (non-hydrogen) atoms. The lowest BCUT2D eigenvalue weighted by Crippen LogP contribution is -2.32. The smallest absolute Gasteiger partial charge is 0.251 e. The van der Waals surface area contributed by atoms with Gasteiger partial charge in [0.25, 0.3) is 5.56 Å². The summed E-state index contributed by atoms with van der Waals surface area (Å²) in [5.41, 5.74) is 1.41. The Hall–Kier alpha value is -3.26. The van der Waals surface area contributed by atoms with Crippen molar-refractivity contribution in [2.45, 2.75) is 12.5 Å². The number of halogens is 1. The van der Waals surface area contributed by atoms with Crippen molar-refractivity contribution < 1.29 is 5.11 Å². The summed E-state index contributed by atoms with van der Waals surface area (Å²) in [5, 5.41) is 13.6. The molecule has 0 aliphatic rings. The minimum atomic E-state index is -1.58. The molecule has 0 bridgehead atoms. The maximum Gasteiger partial charge on any atom is 0.251 e. The largest absolute Gasteiger partial charge is 0.373 e. The van der Waals surface area contributed by atoms with Gasteiger partial charge in [0.1, 0.15) is 0 Å². The molecule has 0 radical (unpaired) electrons. The molecule has 0 unspecified atom stereocenters. The summed E-state index contributed by atoms with van der Waals surface area (Å²) in [6.45, 7) is 2.03. The van der Waals surface area contributed by atoms with Gasteiger partial charge in [-0.1, -0.05) is 23.7 Å². The number of imidazole rings is 1. The van der Waals surface area contributed by atoms with Gasteiger partial charge in [-0.15, -0.1) is 11.3 Å². The molecule has 1 atom stereocenters. The summed E-state index contributed by atoms with van der Waals surface area (Å²) in [5.74, 6) is 0. The molecule has 1 N–H and O–H groups in total. The second kappa shape index (κ2) is 7.95. The lowest BCUT2D eigenvalue weighted by Gasteiger charge is -2.29. The van der Waals surface area contributed by atoms with E-state index in [4.69, 9.17) is 11.6 Å². The Morgan fingerprint density at radius 2 is 1.82 bits per heavy atom. The van der Waals surface area contributed by atoms with Crippen molar-refractivity contribution in [1.29, 1.82) is 0 Å². The molecule has 0 aliphatic heterocycles. The molecule has 0 saturated heterocycles. The molecule has 8 heteroatoms. The topological polar surface area (TPSA) is 72.9 Å². The SMILES string of the molecule is Cc1ccc(-c2cc(=O)n(C)c3cnc([C@](O)(c4ccc(Cl)cc4)c4cncn4C)cc23)s1. The average molecular weight is 477 g/mol. The first-order valence-corrected chi connectivity index (χ1v) is 11.5. The predicted octanol–water partition coefficient (Wildman–Crippen LogP) is 4.64. The lowest BCUT2D eigenvalue weighted by atomic mass is 9.86. The monoisotopic (exact) mass is 476 g/mol. The number of hydrogen-bond donors (Lipinski definition) is 1. The van der Waals surface area contributed by atoms with E-state index >= 15 is 0 Å². The third-order valence-electron chi connectivity index (χ3n) is 5.96. The van der Waals surface area contributed by atoms with Gasteiger partial charge in [-0.05, 0) is 42.8 Å². The van der Waals surface area contributed by atoms with Crippen molar-refractivity contribution in [3.05, 3.63) is 104 Å². The average Bonchev–Trinajstić information content (AvgIpc) is 3.44. The summed E-state index contributed by atoms with van der Waals surface area (Å²) < 4.78 is 3.34. The molecule has 4 aromatic heterocycles. The van der Waals surface area contributed by atoms with E-state index in [1.54, 1.807) is 76.6 Å². The molecular formula is C25H21ClN4O2S. The maximum absolute atomic E-state index is 12.7. The third kappa shape index (κ3) is 3.49. The van der Waals surface area contributed by atoms with Crippen LogP contribution in [0.25, 0.3) is 21.3 Å². The zero-order valence-corrected chi connectivity index (χ0v) is 19.9. The van der Waals surface area contributed by atoms with Crippen molar-refractivity contribution in [1.82, 2.24) is 19.1 Å². The quantitative estimate of drug-likeness (QED) is 0.410. The van der Waals surface area contributed by atoms with Gasteiger partial charge in [0.05, 0.1) is 35.6 Å². The lowest BCUT2D eigenvalue weighted by molar-refractivity contribution is 0.113. The minimum Gasteiger partial charge on any atom is -0.373 e. The zero-order chi connectivity index (χ0) is 23.3. The van der Waals surface area contributed by atoms with E-state index in [0.717, 1.165) is 20.7 Å². The highest BCUT2D eigenvalue weighted by Gasteiger charge is 2.38. The van der Waals surface area contributed by atoms with Crippen LogP contribution >= 0.6 is 22.9 Å². The fourth-order valence-corrected chi connectivity index (χ4v) is 5.18. The Bertz CT molecular complexity index is 1550. The van der Waals surface area contributed by atoms with Gasteiger partial charge >= 0.3 is 0 Å². The Morgan fingerprint density at radius 3 is 2.45 bits per heavy atom. The van der Waals surface area contributed by atoms with Crippen LogP contribution in [0.1, 0.15) is 21.8 Å². The van der Waals surface area contributed by atoms with Crippen LogP contribution in [0.5, 0.6) is 0 Å². The van der Waals surface area contributed by atoms with Crippen LogP contribution in [0.4, 0.5) is 0 Å². The van der Waals surface area contributed by atoms with E-state index in [1.165, 1.54) is 0 Å². The number of thiophene rings is 1. The van der Waals surface area contributed by atoms with Gasteiger partial charge in [0, 0.05) is 45.9 Å². The second-order valence-corrected chi connectivity index (χ2v) is 9.78. The molecule has 0 saturated carbocycles. The van der Waals surface area contributed by atoms with Crippen molar-refractivity contribution >= 4 is 33.8 Å². The van der Waals surface area contributed by atoms with Gasteiger partial charge in [-0.25, -0.2) is 4.98 Å². The Morgan fingerprint density at radius 1 is 1.06 bits per heavy atom. The van der Waals surface area contributed by atoms with Gasteiger partial charge in [-0.2, -0.15) is 0 Å². The summed E-state index contributed by atoms with van der Waals surface area (Å²) >= 11 is 7.74. The van der Waals surface area contributed by atoms with E-state index in [1.807, 2.05) is 32.2 Å². The maximum atomic E-state index is 12.7. The van der Waals surface area contributed by atoms with Crippen LogP contribution in [-0.4, -0.2) is 24.2 Å². The number of aromatic nitrogens is 4. The Balaban J connectivity index is 1.83. The Kier molecular flexibility index (Phi) is 5.20. The highest BCUT2D eigenvalue weighted by molar-refractivity contribution is 7.15. The van der Waals surface area contributed by atoms with E-state index in [0.29, 0.717) is 27.5 Å². The van der Waals surface area contributed by atoms with Crippen LogP contribution in [-0.2, 0) is 19.7 Å². The van der Waals surface area contributed by atoms with E-state index in [-0.39, 0.29) is 5.56 Å². The first-order chi connectivity index (χ1) is 15.8. The number of hydrogen-bond acceptors (Lipinski definition) is 5. The number of benzene rings is 1. The first-order valence-electron chi connectivity index (χ1n) is 10.3. The summed E-state index contributed by atoms with van der Waals surface area (Å²) in [6.07, 6.45) is 4.92. The highest BCUT2D eigenvalue weighted by Crippen LogP contribution is 2.39. The van der Waals surface area contributed by atoms with Gasteiger partial charge in [0.2, 0.25) is 0 Å². The van der Waals surface area contributed by atoms with Gasteiger partial charge < -0.3 is 14.2 Å². The number of aliphatic hydroxyl groups is 1. The van der Waals surface area contributed by atoms with Gasteiger partial charge in [0.15, 0.2) is 5.60 Å². The van der Waals surface area contributed by atoms with Crippen LogP contribution < -0.4 is 5.56 Å². The van der Waals surface area contributed by atoms with Crippen LogP contribution in [0, 0.1) is 6.92 Å². The van der Waals surface area contributed by atoms with Crippen molar-refractivity contribution in [3.63, 3.8) is 0 Å². The fourth-order valence-electron chi connectivity index (χ4n) is 4.15. The van der Waals surface area contributed by atoms with E-state index in [2.05, 4.69) is 9.97 Å². The fraction of sp³-hybridized carbons (Fsp3) is 0.160. The summed E-state index contributed by atoms with van der Waals surface area (Å²) in [4.78, 5) is 23.7. The molecule has 5 aromatic rings. The molecule has 5 rings (SSSR count). The first kappa shape index (κ1) is 21.6. The Labute approximate surface area is 199 Å². The van der Waals surface area contributed by atoms with Crippen LogP contribution in [0.2, 0.25) is 5.02 Å². The van der Waals surface area contributed by atoms with Crippen molar-refractivity contribution in [3.8, 4) is 10.4 Å². The van der Waals surface area contributed by atoms with E-state index < -0.39 is 5.60 Å². The van der Waals surface area contributed by atoms with Crippen molar-refractivity contribution in [2.24, 2.45) is 14.1 Å². The van der Waals surface area contributed by atoms with E-state index in [9.17, 15) is 9.90 Å². The third-order valence-corrected chi connectivity index (χ3v) is 7.24. The molecule has 0 amide bonds. The van der Waals surface area contributed by atoms with Crippen LogP contribution in [0.3, 0.4) is 0 Å². The molecule has 1 aromatic carbocycles. The van der Waals surface area contributed by atoms with Crippen molar-refractivity contribution in [2.75, 3.05) is 0 Å². The standard InChI is InChI=1S/C25H21ClN4O2S/c1-15-4-9-21(33-15)19-11-24(31)30(3)20-12-28-22(10-18(19)20)25(32,23-13-27-14-29(23)2)16-5-7-17(26)8-6-16/h4-14,32H,1-3H3/t25-/m1/s1. The number of nitrogens with zero attached hydrogens (tertiary/aromatic N) is 4. The number of rotatable bonds is 4.